The number of halogens is 1. The van der Waals surface area contributed by atoms with Crippen LogP contribution in [0.3, 0.4) is 0 Å². The van der Waals surface area contributed by atoms with Crippen LogP contribution in [0.4, 0.5) is 4.39 Å². The Hall–Kier alpha value is -1.38. The zero-order chi connectivity index (χ0) is 12.9. The molecule has 0 heterocycles. The number of benzene rings is 1. The summed E-state index contributed by atoms with van der Waals surface area (Å²) in [4.78, 5) is 0. The molecule has 0 amide bonds. The predicted molar refractivity (Wildman–Crippen MR) is 65.1 cm³/mol. The first kappa shape index (κ1) is 13.7. The van der Waals surface area contributed by atoms with Crippen LogP contribution < -0.4 is 0 Å². The van der Waals surface area contributed by atoms with Crippen LogP contribution >= 0.6 is 0 Å². The van der Waals surface area contributed by atoms with E-state index in [4.69, 9.17) is 0 Å². The molecule has 92 valence electrons. The van der Waals surface area contributed by atoms with E-state index in [0.29, 0.717) is 18.7 Å². The first-order chi connectivity index (χ1) is 7.99. The second kappa shape index (κ2) is 5.80. The zero-order valence-corrected chi connectivity index (χ0v) is 10.6. The Balaban J connectivity index is 2.95. The number of rotatable bonds is 3. The summed E-state index contributed by atoms with van der Waals surface area (Å²) in [6.45, 7) is 4.27. The van der Waals surface area contributed by atoms with E-state index in [1.54, 1.807) is 13.8 Å². The average Bonchev–Trinajstić information content (AvgIpc) is 2.29. The van der Waals surface area contributed by atoms with Gasteiger partial charge in [0.05, 0.1) is 0 Å². The summed E-state index contributed by atoms with van der Waals surface area (Å²) in [5.41, 5.74) is 0.474. The Kier molecular flexibility index (Phi) is 4.67. The third-order valence-electron chi connectivity index (χ3n) is 2.21. The molecule has 0 spiro atoms. The minimum Gasteiger partial charge on any atom is -0.207 e. The number of sulfonamides is 1. The summed E-state index contributed by atoms with van der Waals surface area (Å²) >= 11 is 0. The topological polar surface area (TPSA) is 37.4 Å². The van der Waals surface area contributed by atoms with Gasteiger partial charge in [-0.15, -0.1) is 0 Å². The van der Waals surface area contributed by atoms with Gasteiger partial charge in [0, 0.05) is 23.9 Å². The highest BCUT2D eigenvalue weighted by molar-refractivity contribution is 7.93. The molecule has 0 aliphatic carbocycles. The van der Waals surface area contributed by atoms with Gasteiger partial charge >= 0.3 is 0 Å². The monoisotopic (exact) mass is 255 g/mol. The molecule has 0 fully saturated rings. The first-order valence-corrected chi connectivity index (χ1v) is 6.72. The lowest BCUT2D eigenvalue weighted by atomic mass is 10.2. The van der Waals surface area contributed by atoms with Gasteiger partial charge in [-0.25, -0.2) is 4.39 Å². The molecule has 1 aromatic rings. The lowest BCUT2D eigenvalue weighted by molar-refractivity contribution is 0.454. The Labute approximate surface area is 101 Å². The van der Waals surface area contributed by atoms with E-state index >= 15 is 0 Å². The Morgan fingerprint density at radius 3 is 2.18 bits per heavy atom. The van der Waals surface area contributed by atoms with Crippen LogP contribution in [0.2, 0.25) is 0 Å². The highest BCUT2D eigenvalue weighted by Crippen LogP contribution is 2.03. The van der Waals surface area contributed by atoms with Crippen molar-refractivity contribution in [3.8, 4) is 11.2 Å². The maximum Gasteiger partial charge on any atom is 0.283 e. The molecule has 3 nitrogen and oxygen atoms in total. The molecule has 0 N–H and O–H groups in total. The van der Waals surface area contributed by atoms with Crippen molar-refractivity contribution in [1.29, 1.82) is 0 Å². The van der Waals surface area contributed by atoms with Crippen molar-refractivity contribution in [2.75, 3.05) is 13.1 Å². The third kappa shape index (κ3) is 3.84. The normalized spacial score (nSPS) is 11.1. The third-order valence-corrected chi connectivity index (χ3v) is 3.77. The molecule has 0 saturated heterocycles. The standard InChI is InChI=1S/C12H14FNO2S/c1-3-14(4-2)17(15,16)10-9-11-5-7-12(13)8-6-11/h5-8H,3-4H2,1-2H3. The van der Waals surface area contributed by atoms with Crippen molar-refractivity contribution >= 4 is 10.0 Å². The quantitative estimate of drug-likeness (QED) is 0.772. The van der Waals surface area contributed by atoms with E-state index < -0.39 is 10.0 Å². The molecule has 1 rings (SSSR count). The molecule has 17 heavy (non-hydrogen) atoms. The van der Waals surface area contributed by atoms with Gasteiger partial charge < -0.3 is 0 Å². The summed E-state index contributed by atoms with van der Waals surface area (Å²) in [7, 11) is -3.55. The summed E-state index contributed by atoms with van der Waals surface area (Å²) in [5.74, 6) is 2.14. The van der Waals surface area contributed by atoms with Gasteiger partial charge in [-0.05, 0) is 30.2 Å². The van der Waals surface area contributed by atoms with E-state index in [1.165, 1.54) is 28.6 Å². The molecule has 0 aliphatic heterocycles. The van der Waals surface area contributed by atoms with Crippen LogP contribution in [0.25, 0.3) is 0 Å². The molecule has 0 unspecified atom stereocenters. The minimum absolute atomic E-state index is 0.373. The van der Waals surface area contributed by atoms with Crippen molar-refractivity contribution in [1.82, 2.24) is 4.31 Å². The molecule has 0 saturated carbocycles. The molecular weight excluding hydrogens is 241 g/mol. The van der Waals surface area contributed by atoms with Crippen LogP contribution in [-0.4, -0.2) is 25.8 Å². The van der Waals surface area contributed by atoms with Crippen molar-refractivity contribution in [3.05, 3.63) is 35.6 Å². The van der Waals surface area contributed by atoms with Crippen molar-refractivity contribution < 1.29 is 12.8 Å². The molecule has 0 radical (unpaired) electrons. The predicted octanol–water partition coefficient (Wildman–Crippen LogP) is 1.81. The van der Waals surface area contributed by atoms with Crippen LogP contribution in [0, 0.1) is 17.0 Å². The summed E-state index contributed by atoms with van der Waals surface area (Å²) in [5, 5.41) is 2.22. The van der Waals surface area contributed by atoms with Crippen LogP contribution in [0.1, 0.15) is 19.4 Å². The SMILES string of the molecule is CCN(CC)S(=O)(=O)C#Cc1ccc(F)cc1. The smallest absolute Gasteiger partial charge is 0.207 e. The van der Waals surface area contributed by atoms with E-state index in [9.17, 15) is 12.8 Å². The van der Waals surface area contributed by atoms with E-state index in [-0.39, 0.29) is 5.82 Å². The van der Waals surface area contributed by atoms with Gasteiger partial charge in [0.15, 0.2) is 0 Å². The fourth-order valence-corrected chi connectivity index (χ4v) is 2.34. The van der Waals surface area contributed by atoms with E-state index in [1.807, 2.05) is 0 Å². The fraction of sp³-hybridized carbons (Fsp3) is 0.333. The molecule has 1 aromatic carbocycles. The summed E-state index contributed by atoms with van der Waals surface area (Å²) in [6.07, 6.45) is 0. The fourth-order valence-electron chi connectivity index (χ4n) is 1.28. The first-order valence-electron chi connectivity index (χ1n) is 5.28. The van der Waals surface area contributed by atoms with Gasteiger partial charge in [0.25, 0.3) is 10.0 Å². The maximum atomic E-state index is 12.6. The summed E-state index contributed by atoms with van der Waals surface area (Å²) < 4.78 is 37.3. The van der Waals surface area contributed by atoms with Crippen molar-refractivity contribution in [2.45, 2.75) is 13.8 Å². The largest absolute Gasteiger partial charge is 0.283 e. The van der Waals surface area contributed by atoms with Crippen LogP contribution in [-0.2, 0) is 10.0 Å². The molecule has 0 aliphatic rings. The highest BCUT2D eigenvalue weighted by atomic mass is 32.2. The lowest BCUT2D eigenvalue weighted by Crippen LogP contribution is -2.29. The lowest BCUT2D eigenvalue weighted by Gasteiger charge is -2.13. The molecule has 5 heteroatoms. The number of nitrogens with zero attached hydrogens (tertiary/aromatic N) is 1. The zero-order valence-electron chi connectivity index (χ0n) is 9.77. The molecule has 0 atom stereocenters. The van der Waals surface area contributed by atoms with Crippen LogP contribution in [0.5, 0.6) is 0 Å². The Morgan fingerprint density at radius 1 is 1.18 bits per heavy atom. The molecule has 0 aromatic heterocycles. The highest BCUT2D eigenvalue weighted by Gasteiger charge is 2.14. The van der Waals surface area contributed by atoms with Gasteiger partial charge in [-0.3, -0.25) is 0 Å². The molecule has 0 bridgehead atoms. The number of hydrogen-bond acceptors (Lipinski definition) is 2. The van der Waals surface area contributed by atoms with Crippen molar-refractivity contribution in [3.63, 3.8) is 0 Å². The van der Waals surface area contributed by atoms with Gasteiger partial charge in [-0.1, -0.05) is 13.8 Å². The number of hydrogen-bond donors (Lipinski definition) is 0. The van der Waals surface area contributed by atoms with Gasteiger partial charge in [0.1, 0.15) is 5.82 Å². The van der Waals surface area contributed by atoms with Crippen molar-refractivity contribution in [2.24, 2.45) is 0 Å². The van der Waals surface area contributed by atoms with Gasteiger partial charge in [-0.2, -0.15) is 12.7 Å². The average molecular weight is 255 g/mol. The Morgan fingerprint density at radius 2 is 1.71 bits per heavy atom. The molecular formula is C12H14FNO2S. The van der Waals surface area contributed by atoms with E-state index in [0.717, 1.165) is 0 Å². The second-order valence-electron chi connectivity index (χ2n) is 3.32. The van der Waals surface area contributed by atoms with Gasteiger partial charge in [0.2, 0.25) is 0 Å². The Bertz CT molecular complexity index is 522. The van der Waals surface area contributed by atoms with E-state index in [2.05, 4.69) is 11.2 Å². The van der Waals surface area contributed by atoms with Crippen LogP contribution in [0.15, 0.2) is 24.3 Å². The summed E-state index contributed by atoms with van der Waals surface area (Å²) in [6, 6.07) is 5.38. The maximum absolute atomic E-state index is 12.6. The second-order valence-corrected chi connectivity index (χ2v) is 4.99. The minimum atomic E-state index is -3.55.